The van der Waals surface area contributed by atoms with Gasteiger partial charge in [0.2, 0.25) is 0 Å². The number of aromatic nitrogens is 2. The molecule has 29 heavy (non-hydrogen) atoms. The SMILES string of the molecule is CCCCn1nc(C(=O)OCC(=O)Nc2ccc(C)cc2)c2ccccc2c1=O. The van der Waals surface area contributed by atoms with Gasteiger partial charge in [-0.15, -0.1) is 0 Å². The summed E-state index contributed by atoms with van der Waals surface area (Å²) >= 11 is 0. The highest BCUT2D eigenvalue weighted by Crippen LogP contribution is 2.15. The van der Waals surface area contributed by atoms with Crippen LogP contribution in [0.5, 0.6) is 0 Å². The Morgan fingerprint density at radius 1 is 1.07 bits per heavy atom. The number of benzene rings is 2. The van der Waals surface area contributed by atoms with Gasteiger partial charge in [0.1, 0.15) is 0 Å². The fourth-order valence-electron chi connectivity index (χ4n) is 2.88. The number of hydrogen-bond acceptors (Lipinski definition) is 5. The Labute approximate surface area is 168 Å². The molecule has 0 saturated heterocycles. The van der Waals surface area contributed by atoms with Gasteiger partial charge in [-0.25, -0.2) is 9.48 Å². The quantitative estimate of drug-likeness (QED) is 0.622. The number of carbonyl (C=O) groups is 2. The lowest BCUT2D eigenvalue weighted by Crippen LogP contribution is -2.27. The lowest BCUT2D eigenvalue weighted by Gasteiger charge is -2.11. The molecule has 1 amide bonds. The summed E-state index contributed by atoms with van der Waals surface area (Å²) in [7, 11) is 0. The van der Waals surface area contributed by atoms with Crippen molar-refractivity contribution in [1.29, 1.82) is 0 Å². The van der Waals surface area contributed by atoms with Crippen molar-refractivity contribution in [3.63, 3.8) is 0 Å². The second-order valence-electron chi connectivity index (χ2n) is 6.77. The van der Waals surface area contributed by atoms with Gasteiger partial charge < -0.3 is 10.1 Å². The third kappa shape index (κ3) is 4.87. The van der Waals surface area contributed by atoms with Crippen molar-refractivity contribution in [3.8, 4) is 0 Å². The molecule has 0 atom stereocenters. The third-order valence-corrected chi connectivity index (χ3v) is 4.45. The summed E-state index contributed by atoms with van der Waals surface area (Å²) < 4.78 is 6.45. The van der Waals surface area contributed by atoms with Crippen LogP contribution in [0.4, 0.5) is 5.69 Å². The van der Waals surface area contributed by atoms with E-state index in [2.05, 4.69) is 10.4 Å². The van der Waals surface area contributed by atoms with Crippen molar-refractivity contribution < 1.29 is 14.3 Å². The third-order valence-electron chi connectivity index (χ3n) is 4.45. The zero-order chi connectivity index (χ0) is 20.8. The summed E-state index contributed by atoms with van der Waals surface area (Å²) in [5, 5.41) is 7.69. The standard InChI is InChI=1S/C22H23N3O4/c1-3-4-13-25-21(27)18-8-6-5-7-17(18)20(24-25)22(28)29-14-19(26)23-16-11-9-15(2)10-12-16/h5-12H,3-4,13-14H2,1-2H3,(H,23,26). The Kier molecular flexibility index (Phi) is 6.39. The van der Waals surface area contributed by atoms with Crippen LogP contribution in [0.3, 0.4) is 0 Å². The molecule has 3 aromatic rings. The monoisotopic (exact) mass is 393 g/mol. The minimum atomic E-state index is -0.745. The van der Waals surface area contributed by atoms with E-state index in [0.717, 1.165) is 18.4 Å². The number of anilines is 1. The van der Waals surface area contributed by atoms with E-state index >= 15 is 0 Å². The number of hydrogen-bond donors (Lipinski definition) is 1. The van der Waals surface area contributed by atoms with E-state index in [-0.39, 0.29) is 11.3 Å². The van der Waals surface area contributed by atoms with Gasteiger partial charge in [-0.1, -0.05) is 49.2 Å². The molecule has 0 spiro atoms. The Balaban J connectivity index is 1.77. The average molecular weight is 393 g/mol. The van der Waals surface area contributed by atoms with Crippen molar-refractivity contribution in [2.24, 2.45) is 0 Å². The molecule has 3 rings (SSSR count). The van der Waals surface area contributed by atoms with Gasteiger partial charge in [-0.3, -0.25) is 9.59 Å². The zero-order valence-electron chi connectivity index (χ0n) is 16.5. The summed E-state index contributed by atoms with van der Waals surface area (Å²) in [4.78, 5) is 37.3. The largest absolute Gasteiger partial charge is 0.451 e. The molecular formula is C22H23N3O4. The van der Waals surface area contributed by atoms with Gasteiger partial charge in [-0.2, -0.15) is 5.10 Å². The molecule has 0 aliphatic heterocycles. The van der Waals surface area contributed by atoms with Gasteiger partial charge in [0.25, 0.3) is 11.5 Å². The van der Waals surface area contributed by atoms with Crippen LogP contribution in [0.1, 0.15) is 35.8 Å². The number of nitrogens with zero attached hydrogens (tertiary/aromatic N) is 2. The molecular weight excluding hydrogens is 370 g/mol. The minimum absolute atomic E-state index is 0.0273. The lowest BCUT2D eigenvalue weighted by molar-refractivity contribution is -0.119. The van der Waals surface area contributed by atoms with Gasteiger partial charge in [-0.05, 0) is 31.5 Å². The number of esters is 1. The first kappa shape index (κ1) is 20.3. The van der Waals surface area contributed by atoms with Crippen LogP contribution in [0.25, 0.3) is 10.8 Å². The Morgan fingerprint density at radius 2 is 1.76 bits per heavy atom. The molecule has 0 unspecified atom stereocenters. The summed E-state index contributed by atoms with van der Waals surface area (Å²) in [6.07, 6.45) is 1.65. The predicted octanol–water partition coefficient (Wildman–Crippen LogP) is 3.30. The van der Waals surface area contributed by atoms with Crippen LogP contribution in [-0.4, -0.2) is 28.3 Å². The number of fused-ring (bicyclic) bond motifs is 1. The molecule has 1 N–H and O–H groups in total. The summed E-state index contributed by atoms with van der Waals surface area (Å²) in [6, 6.07) is 14.0. The Hall–Kier alpha value is -3.48. The molecule has 0 aliphatic rings. The van der Waals surface area contributed by atoms with Crippen LogP contribution in [-0.2, 0) is 16.1 Å². The average Bonchev–Trinajstić information content (AvgIpc) is 2.73. The Morgan fingerprint density at radius 3 is 2.45 bits per heavy atom. The van der Waals surface area contributed by atoms with Crippen LogP contribution < -0.4 is 10.9 Å². The smallest absolute Gasteiger partial charge is 0.359 e. The number of carbonyl (C=O) groups excluding carboxylic acids is 2. The van der Waals surface area contributed by atoms with E-state index in [1.807, 2.05) is 26.0 Å². The van der Waals surface area contributed by atoms with Gasteiger partial charge in [0.05, 0.1) is 5.39 Å². The zero-order valence-corrected chi connectivity index (χ0v) is 16.5. The van der Waals surface area contributed by atoms with E-state index in [4.69, 9.17) is 4.74 Å². The van der Waals surface area contributed by atoms with E-state index in [1.54, 1.807) is 36.4 Å². The summed E-state index contributed by atoms with van der Waals surface area (Å²) in [5.41, 5.74) is 1.47. The predicted molar refractivity (Wildman–Crippen MR) is 111 cm³/mol. The van der Waals surface area contributed by atoms with Crippen LogP contribution >= 0.6 is 0 Å². The van der Waals surface area contributed by atoms with Crippen LogP contribution in [0.2, 0.25) is 0 Å². The molecule has 0 aliphatic carbocycles. The number of aryl methyl sites for hydroxylation is 2. The number of unbranched alkanes of at least 4 members (excludes halogenated alkanes) is 1. The molecule has 0 bridgehead atoms. The maximum absolute atomic E-state index is 12.6. The maximum atomic E-state index is 12.6. The topological polar surface area (TPSA) is 90.3 Å². The highest BCUT2D eigenvalue weighted by atomic mass is 16.5. The summed E-state index contributed by atoms with van der Waals surface area (Å²) in [6.45, 7) is 3.92. The molecule has 0 radical (unpaired) electrons. The number of ether oxygens (including phenoxy) is 1. The van der Waals surface area contributed by atoms with Crippen molar-refractivity contribution in [1.82, 2.24) is 9.78 Å². The summed E-state index contributed by atoms with van der Waals surface area (Å²) in [5.74, 6) is -1.20. The van der Waals surface area contributed by atoms with Crippen molar-refractivity contribution in [2.45, 2.75) is 33.2 Å². The van der Waals surface area contributed by atoms with Crippen molar-refractivity contribution >= 4 is 28.3 Å². The Bertz CT molecular complexity index is 1090. The fourth-order valence-corrected chi connectivity index (χ4v) is 2.88. The molecule has 1 heterocycles. The van der Waals surface area contributed by atoms with E-state index in [1.165, 1.54) is 4.68 Å². The second kappa shape index (κ2) is 9.14. The van der Waals surface area contributed by atoms with Gasteiger partial charge in [0.15, 0.2) is 12.3 Å². The highest BCUT2D eigenvalue weighted by molar-refractivity contribution is 6.03. The number of nitrogens with one attached hydrogen (secondary N) is 1. The lowest BCUT2D eigenvalue weighted by atomic mass is 10.1. The van der Waals surface area contributed by atoms with E-state index < -0.39 is 18.5 Å². The van der Waals surface area contributed by atoms with Crippen LogP contribution in [0, 0.1) is 6.92 Å². The van der Waals surface area contributed by atoms with Gasteiger partial charge in [0, 0.05) is 17.6 Å². The minimum Gasteiger partial charge on any atom is -0.451 e. The maximum Gasteiger partial charge on any atom is 0.359 e. The normalized spacial score (nSPS) is 10.7. The van der Waals surface area contributed by atoms with E-state index in [9.17, 15) is 14.4 Å². The number of rotatable bonds is 7. The molecule has 0 saturated carbocycles. The van der Waals surface area contributed by atoms with Gasteiger partial charge >= 0.3 is 5.97 Å². The van der Waals surface area contributed by atoms with Crippen molar-refractivity contribution in [3.05, 3.63) is 70.1 Å². The molecule has 150 valence electrons. The fraction of sp³-hybridized carbons (Fsp3) is 0.273. The first-order valence-electron chi connectivity index (χ1n) is 9.53. The molecule has 7 heteroatoms. The molecule has 1 aromatic heterocycles. The first-order chi connectivity index (χ1) is 14.0. The van der Waals surface area contributed by atoms with Crippen LogP contribution in [0.15, 0.2) is 53.3 Å². The number of amides is 1. The molecule has 0 fully saturated rings. The molecule has 7 nitrogen and oxygen atoms in total. The highest BCUT2D eigenvalue weighted by Gasteiger charge is 2.19. The first-order valence-corrected chi connectivity index (χ1v) is 9.53. The molecule has 2 aromatic carbocycles. The second-order valence-corrected chi connectivity index (χ2v) is 6.77. The van der Waals surface area contributed by atoms with Crippen molar-refractivity contribution in [2.75, 3.05) is 11.9 Å². The van der Waals surface area contributed by atoms with E-state index in [0.29, 0.717) is 23.0 Å².